The van der Waals surface area contributed by atoms with Crippen molar-refractivity contribution < 1.29 is 9.90 Å². The SMILES string of the molecule is CC(C)C(O)CCNC(=O)NCC1(C)CCCC1. The number of aliphatic hydroxyl groups is 1. The summed E-state index contributed by atoms with van der Waals surface area (Å²) < 4.78 is 0. The Labute approximate surface area is 111 Å². The molecule has 0 radical (unpaired) electrons. The number of amides is 2. The first kappa shape index (κ1) is 15.3. The molecule has 1 fully saturated rings. The molecule has 0 aromatic rings. The third-order valence-corrected chi connectivity index (χ3v) is 3.98. The summed E-state index contributed by atoms with van der Waals surface area (Å²) in [5, 5.41) is 15.3. The zero-order valence-corrected chi connectivity index (χ0v) is 12.0. The summed E-state index contributed by atoms with van der Waals surface area (Å²) in [7, 11) is 0. The van der Waals surface area contributed by atoms with Crippen LogP contribution < -0.4 is 10.6 Å². The molecular weight excluding hydrogens is 228 g/mol. The van der Waals surface area contributed by atoms with Crippen LogP contribution in [0.5, 0.6) is 0 Å². The Balaban J connectivity index is 2.10. The molecule has 0 aromatic carbocycles. The van der Waals surface area contributed by atoms with Gasteiger partial charge in [0.15, 0.2) is 0 Å². The Bertz CT molecular complexity index is 261. The minimum atomic E-state index is -0.336. The van der Waals surface area contributed by atoms with Crippen LogP contribution in [0, 0.1) is 11.3 Å². The van der Waals surface area contributed by atoms with Crippen LogP contribution >= 0.6 is 0 Å². The molecule has 2 amide bonds. The Morgan fingerprint density at radius 1 is 1.28 bits per heavy atom. The van der Waals surface area contributed by atoms with Crippen molar-refractivity contribution in [2.75, 3.05) is 13.1 Å². The molecule has 0 heterocycles. The number of hydrogen-bond acceptors (Lipinski definition) is 2. The Morgan fingerprint density at radius 3 is 2.44 bits per heavy atom. The molecule has 1 unspecified atom stereocenters. The highest BCUT2D eigenvalue weighted by molar-refractivity contribution is 5.73. The largest absolute Gasteiger partial charge is 0.393 e. The number of carbonyl (C=O) groups excluding carboxylic acids is 1. The number of hydrogen-bond donors (Lipinski definition) is 3. The zero-order chi connectivity index (χ0) is 13.6. The predicted octanol–water partition coefficient (Wildman–Crippen LogP) is 2.27. The van der Waals surface area contributed by atoms with Crippen molar-refractivity contribution >= 4 is 6.03 Å². The minimum Gasteiger partial charge on any atom is -0.393 e. The van der Waals surface area contributed by atoms with Crippen LogP contribution in [0.4, 0.5) is 4.79 Å². The van der Waals surface area contributed by atoms with Gasteiger partial charge in [0.2, 0.25) is 0 Å². The zero-order valence-electron chi connectivity index (χ0n) is 12.0. The van der Waals surface area contributed by atoms with Gasteiger partial charge in [-0.1, -0.05) is 33.6 Å². The van der Waals surface area contributed by atoms with Crippen LogP contribution in [0.2, 0.25) is 0 Å². The maximum absolute atomic E-state index is 11.6. The molecule has 1 atom stereocenters. The quantitative estimate of drug-likeness (QED) is 0.682. The van der Waals surface area contributed by atoms with Gasteiger partial charge in [-0.15, -0.1) is 0 Å². The van der Waals surface area contributed by atoms with Crippen molar-refractivity contribution in [3.05, 3.63) is 0 Å². The number of nitrogens with one attached hydrogen (secondary N) is 2. The average molecular weight is 256 g/mol. The molecule has 0 aliphatic heterocycles. The molecule has 4 heteroatoms. The lowest BCUT2D eigenvalue weighted by atomic mass is 9.89. The summed E-state index contributed by atoms with van der Waals surface area (Å²) in [4.78, 5) is 11.6. The van der Waals surface area contributed by atoms with E-state index in [0.29, 0.717) is 13.0 Å². The van der Waals surface area contributed by atoms with E-state index in [4.69, 9.17) is 0 Å². The van der Waals surface area contributed by atoms with E-state index in [2.05, 4.69) is 17.6 Å². The fraction of sp³-hybridized carbons (Fsp3) is 0.929. The van der Waals surface area contributed by atoms with E-state index in [1.165, 1.54) is 25.7 Å². The first-order valence-corrected chi connectivity index (χ1v) is 7.13. The van der Waals surface area contributed by atoms with Gasteiger partial charge in [0, 0.05) is 13.1 Å². The molecule has 0 aromatic heterocycles. The number of aliphatic hydroxyl groups excluding tert-OH is 1. The van der Waals surface area contributed by atoms with Crippen molar-refractivity contribution in [2.24, 2.45) is 11.3 Å². The van der Waals surface area contributed by atoms with Crippen LogP contribution in [-0.2, 0) is 0 Å². The van der Waals surface area contributed by atoms with Crippen LogP contribution in [-0.4, -0.2) is 30.3 Å². The summed E-state index contributed by atoms with van der Waals surface area (Å²) in [6, 6.07) is -0.112. The van der Waals surface area contributed by atoms with E-state index in [1.54, 1.807) is 0 Å². The van der Waals surface area contributed by atoms with E-state index in [0.717, 1.165) is 6.54 Å². The van der Waals surface area contributed by atoms with Gasteiger partial charge >= 0.3 is 6.03 Å². The molecule has 1 rings (SSSR count). The molecule has 1 aliphatic carbocycles. The summed E-state index contributed by atoms with van der Waals surface area (Å²) >= 11 is 0. The second-order valence-electron chi connectivity index (χ2n) is 6.23. The van der Waals surface area contributed by atoms with Crippen LogP contribution in [0.15, 0.2) is 0 Å². The standard InChI is InChI=1S/C14H28N2O2/c1-11(2)12(17)6-9-15-13(18)16-10-14(3)7-4-5-8-14/h11-12,17H,4-10H2,1-3H3,(H2,15,16,18). The lowest BCUT2D eigenvalue weighted by molar-refractivity contribution is 0.116. The average Bonchev–Trinajstić information content (AvgIpc) is 2.74. The highest BCUT2D eigenvalue weighted by Gasteiger charge is 2.28. The van der Waals surface area contributed by atoms with Gasteiger partial charge in [-0.25, -0.2) is 4.79 Å². The fourth-order valence-electron chi connectivity index (χ4n) is 2.43. The van der Waals surface area contributed by atoms with E-state index in [1.807, 2.05) is 13.8 Å². The van der Waals surface area contributed by atoms with Gasteiger partial charge in [0.25, 0.3) is 0 Å². The Hall–Kier alpha value is -0.770. The molecule has 1 aliphatic rings. The molecule has 1 saturated carbocycles. The second kappa shape index (κ2) is 6.98. The van der Waals surface area contributed by atoms with Gasteiger partial charge in [-0.3, -0.25) is 0 Å². The van der Waals surface area contributed by atoms with Gasteiger partial charge < -0.3 is 15.7 Å². The maximum Gasteiger partial charge on any atom is 0.314 e. The summed E-state index contributed by atoms with van der Waals surface area (Å²) in [6.45, 7) is 7.48. The van der Waals surface area contributed by atoms with E-state index in [9.17, 15) is 9.90 Å². The van der Waals surface area contributed by atoms with Gasteiger partial charge in [-0.2, -0.15) is 0 Å². The Kier molecular flexibility index (Phi) is 5.93. The molecule has 0 bridgehead atoms. The Morgan fingerprint density at radius 2 is 1.89 bits per heavy atom. The van der Waals surface area contributed by atoms with Crippen molar-refractivity contribution in [2.45, 2.75) is 59.0 Å². The molecule has 0 saturated heterocycles. The van der Waals surface area contributed by atoms with Gasteiger partial charge in [-0.05, 0) is 30.6 Å². The fourth-order valence-corrected chi connectivity index (χ4v) is 2.43. The smallest absolute Gasteiger partial charge is 0.314 e. The monoisotopic (exact) mass is 256 g/mol. The van der Waals surface area contributed by atoms with Crippen molar-refractivity contribution in [3.8, 4) is 0 Å². The topological polar surface area (TPSA) is 61.4 Å². The van der Waals surface area contributed by atoms with Crippen LogP contribution in [0.3, 0.4) is 0 Å². The number of carbonyl (C=O) groups is 1. The first-order chi connectivity index (χ1) is 8.43. The predicted molar refractivity (Wildman–Crippen MR) is 73.4 cm³/mol. The van der Waals surface area contributed by atoms with Gasteiger partial charge in [0.05, 0.1) is 6.10 Å². The third kappa shape index (κ3) is 5.25. The maximum atomic E-state index is 11.6. The van der Waals surface area contributed by atoms with Gasteiger partial charge in [0.1, 0.15) is 0 Å². The summed E-state index contributed by atoms with van der Waals surface area (Å²) in [5.74, 6) is 0.243. The number of rotatable bonds is 6. The third-order valence-electron chi connectivity index (χ3n) is 3.98. The van der Waals surface area contributed by atoms with Crippen molar-refractivity contribution in [1.82, 2.24) is 10.6 Å². The number of urea groups is 1. The van der Waals surface area contributed by atoms with Crippen LogP contribution in [0.1, 0.15) is 52.9 Å². The van der Waals surface area contributed by atoms with E-state index >= 15 is 0 Å². The molecule has 18 heavy (non-hydrogen) atoms. The molecular formula is C14H28N2O2. The lowest BCUT2D eigenvalue weighted by Crippen LogP contribution is -2.41. The molecule has 106 valence electrons. The normalized spacial score (nSPS) is 19.8. The highest BCUT2D eigenvalue weighted by Crippen LogP contribution is 2.36. The molecule has 0 spiro atoms. The van der Waals surface area contributed by atoms with Crippen LogP contribution in [0.25, 0.3) is 0 Å². The van der Waals surface area contributed by atoms with Crippen molar-refractivity contribution in [3.63, 3.8) is 0 Å². The summed E-state index contributed by atoms with van der Waals surface area (Å²) in [5.41, 5.74) is 0.286. The van der Waals surface area contributed by atoms with E-state index < -0.39 is 0 Å². The summed E-state index contributed by atoms with van der Waals surface area (Å²) in [6.07, 6.45) is 5.25. The minimum absolute atomic E-state index is 0.112. The second-order valence-corrected chi connectivity index (χ2v) is 6.23. The van der Waals surface area contributed by atoms with Crippen molar-refractivity contribution in [1.29, 1.82) is 0 Å². The van der Waals surface area contributed by atoms with E-state index in [-0.39, 0.29) is 23.5 Å². The molecule has 4 nitrogen and oxygen atoms in total. The highest BCUT2D eigenvalue weighted by atomic mass is 16.3. The molecule has 3 N–H and O–H groups in total. The lowest BCUT2D eigenvalue weighted by Gasteiger charge is -2.23. The first-order valence-electron chi connectivity index (χ1n) is 7.13.